The van der Waals surface area contributed by atoms with Crippen LogP contribution in [0.15, 0.2) is 0 Å². The van der Waals surface area contributed by atoms with E-state index in [4.69, 9.17) is 0 Å². The van der Waals surface area contributed by atoms with Crippen LogP contribution in [0.2, 0.25) is 0 Å². The zero-order chi connectivity index (χ0) is 11.1. The molecular weight excluding hydrogens is 248 g/mol. The number of hydrogen-bond donors (Lipinski definition) is 0. The Morgan fingerprint density at radius 2 is 0.857 bits per heavy atom. The third-order valence-corrected chi connectivity index (χ3v) is 10.1. The van der Waals surface area contributed by atoms with Crippen molar-refractivity contribution in [3.8, 4) is 0 Å². The van der Waals surface area contributed by atoms with Crippen molar-refractivity contribution >= 4 is 41.2 Å². The van der Waals surface area contributed by atoms with Gasteiger partial charge in [0.05, 0.1) is 0 Å². The molecule has 0 N–H and O–H groups in total. The molecule has 0 rings (SSSR count). The first-order valence-electron chi connectivity index (χ1n) is 5.10. The summed E-state index contributed by atoms with van der Waals surface area (Å²) in [6.45, 7) is 13.7. The molecule has 0 aliphatic heterocycles. The van der Waals surface area contributed by atoms with E-state index in [9.17, 15) is 0 Å². The van der Waals surface area contributed by atoms with Gasteiger partial charge in [0.25, 0.3) is 0 Å². The molecule has 0 amide bonds. The highest BCUT2D eigenvalue weighted by Gasteiger charge is 2.11. The van der Waals surface area contributed by atoms with Gasteiger partial charge in [0.1, 0.15) is 0 Å². The normalized spacial score (nSPS) is 16.3. The van der Waals surface area contributed by atoms with E-state index in [0.29, 0.717) is 0 Å². The van der Waals surface area contributed by atoms with Gasteiger partial charge in [-0.3, -0.25) is 0 Å². The van der Waals surface area contributed by atoms with Gasteiger partial charge in [0.2, 0.25) is 0 Å². The van der Waals surface area contributed by atoms with Crippen LogP contribution < -0.4 is 0 Å². The summed E-state index contributed by atoms with van der Waals surface area (Å²) in [4.78, 5) is 0. The fourth-order valence-corrected chi connectivity index (χ4v) is 7.94. The molecule has 0 nitrogen and oxygen atoms in total. The first-order chi connectivity index (χ1) is 6.45. The molecule has 0 aromatic heterocycles. The van der Waals surface area contributed by atoms with Gasteiger partial charge in [-0.2, -0.15) is 0 Å². The third kappa shape index (κ3) is 7.66. The lowest BCUT2D eigenvalue weighted by Crippen LogP contribution is -2.03. The van der Waals surface area contributed by atoms with Crippen LogP contribution in [0.25, 0.3) is 0 Å². The molecule has 86 valence electrons. The summed E-state index contributed by atoms with van der Waals surface area (Å²) in [5.41, 5.74) is 0. The molecule has 2 unspecified atom stereocenters. The molecule has 2 atom stereocenters. The summed E-state index contributed by atoms with van der Waals surface area (Å²) in [5, 5.41) is 1.50. The molecule has 0 spiro atoms. The average Bonchev–Trinajstić information content (AvgIpc) is 2.11. The first kappa shape index (κ1) is 15.4. The van der Waals surface area contributed by atoms with Gasteiger partial charge >= 0.3 is 0 Å². The van der Waals surface area contributed by atoms with Crippen molar-refractivity contribution in [2.24, 2.45) is 11.8 Å². The van der Waals surface area contributed by atoms with Crippen molar-refractivity contribution in [2.75, 3.05) is 0 Å². The predicted octanol–water partition coefficient (Wildman–Crippen LogP) is 5.75. The molecule has 0 saturated carbocycles. The summed E-state index contributed by atoms with van der Waals surface area (Å²) in [6, 6.07) is 0. The molecule has 4 heteroatoms. The molecule has 0 saturated heterocycles. The van der Waals surface area contributed by atoms with Gasteiger partial charge in [-0.05, 0) is 31.5 Å². The zero-order valence-electron chi connectivity index (χ0n) is 9.94. The van der Waals surface area contributed by atoms with Gasteiger partial charge in [0.15, 0.2) is 0 Å². The Labute approximate surface area is 105 Å². The first-order valence-corrected chi connectivity index (χ1v) is 10.0. The van der Waals surface area contributed by atoms with Crippen LogP contribution in [0.4, 0.5) is 0 Å². The van der Waals surface area contributed by atoms with Crippen molar-refractivity contribution in [1.29, 1.82) is 0 Å². The Morgan fingerprint density at radius 1 is 0.571 bits per heavy atom. The second-order valence-electron chi connectivity index (χ2n) is 4.23. The molecular formula is C10H22S4. The van der Waals surface area contributed by atoms with Crippen molar-refractivity contribution < 1.29 is 0 Å². The third-order valence-electron chi connectivity index (χ3n) is 2.29. The minimum atomic E-state index is 0.752. The van der Waals surface area contributed by atoms with E-state index in [0.717, 1.165) is 22.3 Å². The smallest absolute Gasteiger partial charge is 0.0154 e. The van der Waals surface area contributed by atoms with Gasteiger partial charge in [-0.15, -0.1) is 0 Å². The maximum absolute atomic E-state index is 2.30. The standard InChI is InChI=1S/C10H22S4/c1-7(2)9(5)11-13-14-12-10(6)8(3)4/h7-10H,1-6H3. The fraction of sp³-hybridized carbons (Fsp3) is 1.00. The van der Waals surface area contributed by atoms with Crippen LogP contribution in [0, 0.1) is 11.8 Å². The SMILES string of the molecule is CC(C)C(C)SSSSC(C)C(C)C. The Morgan fingerprint density at radius 3 is 1.07 bits per heavy atom. The number of rotatable bonds is 7. The molecule has 0 radical (unpaired) electrons. The highest BCUT2D eigenvalue weighted by Crippen LogP contribution is 2.48. The zero-order valence-corrected chi connectivity index (χ0v) is 13.2. The second kappa shape index (κ2) is 8.54. The topological polar surface area (TPSA) is 0 Å². The lowest BCUT2D eigenvalue weighted by molar-refractivity contribution is 0.645. The minimum absolute atomic E-state index is 0.752. The van der Waals surface area contributed by atoms with E-state index in [1.165, 1.54) is 0 Å². The average molecular weight is 271 g/mol. The summed E-state index contributed by atoms with van der Waals surface area (Å²) in [6.07, 6.45) is 0. The highest BCUT2D eigenvalue weighted by molar-refractivity contribution is 9.26. The Hall–Kier alpha value is 1.40. The Bertz CT molecular complexity index is 120. The maximum Gasteiger partial charge on any atom is 0.0154 e. The van der Waals surface area contributed by atoms with Gasteiger partial charge in [-0.25, -0.2) is 0 Å². The van der Waals surface area contributed by atoms with Crippen LogP contribution in [-0.2, 0) is 0 Å². The van der Waals surface area contributed by atoms with Crippen LogP contribution in [0.1, 0.15) is 41.5 Å². The van der Waals surface area contributed by atoms with Crippen LogP contribution in [0.5, 0.6) is 0 Å². The Balaban J connectivity index is 3.38. The van der Waals surface area contributed by atoms with Gasteiger partial charge in [0, 0.05) is 10.5 Å². The minimum Gasteiger partial charge on any atom is -0.0783 e. The number of hydrogen-bond acceptors (Lipinski definition) is 4. The highest BCUT2D eigenvalue weighted by atomic mass is 33.7. The summed E-state index contributed by atoms with van der Waals surface area (Å²) >= 11 is 0. The second-order valence-corrected chi connectivity index (χ2v) is 10.8. The van der Waals surface area contributed by atoms with Gasteiger partial charge in [-0.1, -0.05) is 63.1 Å². The molecule has 0 aromatic rings. The molecule has 14 heavy (non-hydrogen) atoms. The monoisotopic (exact) mass is 270 g/mol. The van der Waals surface area contributed by atoms with Crippen molar-refractivity contribution in [2.45, 2.75) is 52.0 Å². The van der Waals surface area contributed by atoms with Crippen molar-refractivity contribution in [1.82, 2.24) is 0 Å². The molecule has 0 bridgehead atoms. The lowest BCUT2D eigenvalue weighted by atomic mass is 10.2. The van der Waals surface area contributed by atoms with Crippen LogP contribution in [-0.4, -0.2) is 10.5 Å². The molecule has 0 aromatic carbocycles. The maximum atomic E-state index is 2.30. The van der Waals surface area contributed by atoms with Crippen molar-refractivity contribution in [3.05, 3.63) is 0 Å². The summed E-state index contributed by atoms with van der Waals surface area (Å²) in [5.74, 6) is 1.56. The largest absolute Gasteiger partial charge is 0.0783 e. The van der Waals surface area contributed by atoms with E-state index in [2.05, 4.69) is 41.5 Å². The van der Waals surface area contributed by atoms with Gasteiger partial charge < -0.3 is 0 Å². The molecule has 0 aliphatic rings. The summed E-state index contributed by atoms with van der Waals surface area (Å²) < 4.78 is 0. The van der Waals surface area contributed by atoms with Crippen LogP contribution >= 0.6 is 41.2 Å². The van der Waals surface area contributed by atoms with Crippen molar-refractivity contribution in [3.63, 3.8) is 0 Å². The van der Waals surface area contributed by atoms with E-state index < -0.39 is 0 Å². The lowest BCUT2D eigenvalue weighted by Gasteiger charge is -2.15. The van der Waals surface area contributed by atoms with E-state index >= 15 is 0 Å². The van der Waals surface area contributed by atoms with E-state index in [1.807, 2.05) is 41.2 Å². The predicted molar refractivity (Wildman–Crippen MR) is 79.0 cm³/mol. The Kier molecular flexibility index (Phi) is 9.39. The molecule has 0 fully saturated rings. The fourth-order valence-electron chi connectivity index (χ4n) is 0.378. The molecule has 0 aliphatic carbocycles. The molecule has 0 heterocycles. The quantitative estimate of drug-likeness (QED) is 0.426. The summed E-state index contributed by atoms with van der Waals surface area (Å²) in [7, 11) is 7.86. The van der Waals surface area contributed by atoms with Crippen LogP contribution in [0.3, 0.4) is 0 Å². The van der Waals surface area contributed by atoms with E-state index in [1.54, 1.807) is 0 Å². The van der Waals surface area contributed by atoms with E-state index in [-0.39, 0.29) is 0 Å².